The van der Waals surface area contributed by atoms with Crippen molar-refractivity contribution in [3.8, 4) is 39.2 Å². The Labute approximate surface area is 266 Å². The Morgan fingerprint density at radius 2 is 1.00 bits per heavy atom. The van der Waals surface area contributed by atoms with Crippen molar-refractivity contribution in [3.63, 3.8) is 0 Å². The Balaban J connectivity index is 1.44. The summed E-state index contributed by atoms with van der Waals surface area (Å²) >= 11 is 0. The molecule has 0 saturated carbocycles. The van der Waals surface area contributed by atoms with Gasteiger partial charge in [-0.05, 0) is 59.0 Å². The molecular weight excluding hydrogens is 562 g/mol. The number of fused-ring (bicyclic) bond motifs is 8. The summed E-state index contributed by atoms with van der Waals surface area (Å²) in [5.41, 5.74) is 10.0. The van der Waals surface area contributed by atoms with Crippen molar-refractivity contribution < 1.29 is 0 Å². The zero-order valence-corrected chi connectivity index (χ0v) is 24.8. The van der Waals surface area contributed by atoms with Crippen molar-refractivity contribution in [1.29, 1.82) is 0 Å². The fourth-order valence-corrected chi connectivity index (χ4v) is 6.97. The standard InChI is InChI=1S/C42H27N3O/c46-42-37-17-5-4-14-31(37)34-18-10-19-35-32-15-6-8-21-38(32)44(30-25-23-29(24-26-30)28-12-2-1-3-13-28)39-22-9-7-16-33(39)36-20-11-27-43-41(36)45(42)40(34)35/h1-27H. The van der Waals surface area contributed by atoms with E-state index in [-0.39, 0.29) is 5.56 Å². The molecule has 3 heterocycles. The first-order valence-corrected chi connectivity index (χ1v) is 15.4. The van der Waals surface area contributed by atoms with E-state index in [1.54, 1.807) is 6.20 Å². The zero-order valence-electron chi connectivity index (χ0n) is 24.8. The van der Waals surface area contributed by atoms with Gasteiger partial charge in [0, 0.05) is 44.9 Å². The van der Waals surface area contributed by atoms with Gasteiger partial charge < -0.3 is 4.90 Å². The highest BCUT2D eigenvalue weighted by atomic mass is 16.1. The van der Waals surface area contributed by atoms with Crippen LogP contribution in [0.4, 0.5) is 17.1 Å². The topological polar surface area (TPSA) is 38.1 Å². The smallest absolute Gasteiger partial charge is 0.264 e. The minimum absolute atomic E-state index is 0.0839. The number of aromatic nitrogens is 2. The summed E-state index contributed by atoms with van der Waals surface area (Å²) in [6.07, 6.45) is 1.78. The van der Waals surface area contributed by atoms with Crippen LogP contribution in [0, 0.1) is 0 Å². The van der Waals surface area contributed by atoms with Crippen LogP contribution in [-0.4, -0.2) is 9.55 Å². The van der Waals surface area contributed by atoms with E-state index in [2.05, 4.69) is 126 Å². The maximum atomic E-state index is 14.6. The molecule has 0 saturated heterocycles. The minimum Gasteiger partial charge on any atom is -0.309 e. The first-order valence-electron chi connectivity index (χ1n) is 15.4. The van der Waals surface area contributed by atoms with Crippen LogP contribution in [0.2, 0.25) is 0 Å². The maximum absolute atomic E-state index is 14.6. The average molecular weight is 590 g/mol. The summed E-state index contributed by atoms with van der Waals surface area (Å²) in [7, 11) is 0. The summed E-state index contributed by atoms with van der Waals surface area (Å²) in [5.74, 6) is 0.613. The third-order valence-corrected chi connectivity index (χ3v) is 9.01. The number of hydrogen-bond acceptors (Lipinski definition) is 3. The predicted molar refractivity (Wildman–Crippen MR) is 189 cm³/mol. The molecule has 9 rings (SSSR count). The Bertz CT molecular complexity index is 2500. The first-order chi connectivity index (χ1) is 22.8. The van der Waals surface area contributed by atoms with Crippen LogP contribution in [0.3, 0.4) is 0 Å². The van der Waals surface area contributed by atoms with Gasteiger partial charge in [-0.15, -0.1) is 0 Å². The second-order valence-corrected chi connectivity index (χ2v) is 11.5. The average Bonchev–Trinajstić information content (AvgIpc) is 3.13. The van der Waals surface area contributed by atoms with Gasteiger partial charge in [0.05, 0.1) is 16.9 Å². The largest absolute Gasteiger partial charge is 0.309 e. The number of rotatable bonds is 2. The molecule has 216 valence electrons. The molecule has 0 aliphatic carbocycles. The maximum Gasteiger partial charge on any atom is 0.264 e. The van der Waals surface area contributed by atoms with Crippen molar-refractivity contribution in [2.75, 3.05) is 4.90 Å². The monoisotopic (exact) mass is 589 g/mol. The van der Waals surface area contributed by atoms with Crippen LogP contribution in [0.15, 0.2) is 169 Å². The molecule has 0 atom stereocenters. The normalized spacial score (nSPS) is 12.0. The lowest BCUT2D eigenvalue weighted by molar-refractivity contribution is 0.999. The van der Waals surface area contributed by atoms with Crippen LogP contribution in [0.25, 0.3) is 60.9 Å². The van der Waals surface area contributed by atoms with E-state index in [1.165, 1.54) is 5.56 Å². The van der Waals surface area contributed by atoms with Gasteiger partial charge in [-0.3, -0.25) is 9.36 Å². The lowest BCUT2D eigenvalue weighted by Crippen LogP contribution is -2.22. The summed E-state index contributed by atoms with van der Waals surface area (Å²) < 4.78 is 1.83. The van der Waals surface area contributed by atoms with E-state index in [4.69, 9.17) is 4.98 Å². The van der Waals surface area contributed by atoms with Gasteiger partial charge in [0.1, 0.15) is 5.82 Å². The first kappa shape index (κ1) is 26.2. The number of anilines is 3. The highest BCUT2D eigenvalue weighted by molar-refractivity contribution is 6.12. The molecule has 1 aliphatic rings. The summed E-state index contributed by atoms with van der Waals surface area (Å²) in [6, 6.07) is 54.3. The lowest BCUT2D eigenvalue weighted by atomic mass is 9.94. The SMILES string of the molecule is O=c1c2ccccc2c2cccc3c2n1-c1ncccc1-c1ccccc1N(c1ccc(-c2ccccc2)cc1)c1ccccc1-3. The van der Waals surface area contributed by atoms with Gasteiger partial charge in [0.15, 0.2) is 0 Å². The van der Waals surface area contributed by atoms with Crippen molar-refractivity contribution in [2.45, 2.75) is 0 Å². The van der Waals surface area contributed by atoms with Crippen molar-refractivity contribution in [2.24, 2.45) is 0 Å². The van der Waals surface area contributed by atoms with E-state index < -0.39 is 0 Å². The molecule has 0 fully saturated rings. The van der Waals surface area contributed by atoms with Gasteiger partial charge in [-0.1, -0.05) is 115 Å². The van der Waals surface area contributed by atoms with Crippen LogP contribution < -0.4 is 10.5 Å². The fourth-order valence-electron chi connectivity index (χ4n) is 6.97. The number of benzene rings is 6. The Hall–Kier alpha value is -6.26. The van der Waals surface area contributed by atoms with Gasteiger partial charge >= 0.3 is 0 Å². The molecule has 4 heteroatoms. The molecule has 0 bridgehead atoms. The number of pyridine rings is 2. The van der Waals surface area contributed by atoms with Gasteiger partial charge in [0.25, 0.3) is 5.56 Å². The zero-order chi connectivity index (χ0) is 30.6. The third-order valence-electron chi connectivity index (χ3n) is 9.01. The second kappa shape index (κ2) is 10.4. The molecule has 2 aromatic heterocycles. The quantitative estimate of drug-likeness (QED) is 0.188. The lowest BCUT2D eigenvalue weighted by Gasteiger charge is -2.31. The van der Waals surface area contributed by atoms with Crippen LogP contribution >= 0.6 is 0 Å². The Morgan fingerprint density at radius 3 is 1.76 bits per heavy atom. The molecule has 0 N–H and O–H groups in total. The third kappa shape index (κ3) is 3.94. The highest BCUT2D eigenvalue weighted by Gasteiger charge is 2.26. The highest BCUT2D eigenvalue weighted by Crippen LogP contribution is 2.48. The second-order valence-electron chi connectivity index (χ2n) is 11.5. The van der Waals surface area contributed by atoms with E-state index in [0.29, 0.717) is 11.2 Å². The van der Waals surface area contributed by atoms with Gasteiger partial charge in [-0.2, -0.15) is 0 Å². The van der Waals surface area contributed by atoms with Crippen LogP contribution in [0.5, 0.6) is 0 Å². The summed E-state index contributed by atoms with van der Waals surface area (Å²) in [4.78, 5) is 21.8. The van der Waals surface area contributed by atoms with Gasteiger partial charge in [-0.25, -0.2) is 4.98 Å². The molecular formula is C42H27N3O. The molecule has 46 heavy (non-hydrogen) atoms. The summed E-state index contributed by atoms with van der Waals surface area (Å²) in [6.45, 7) is 0. The number of hydrogen-bond donors (Lipinski definition) is 0. The van der Waals surface area contributed by atoms with E-state index in [0.717, 1.165) is 61.2 Å². The van der Waals surface area contributed by atoms with Crippen LogP contribution in [-0.2, 0) is 0 Å². The van der Waals surface area contributed by atoms with Crippen LogP contribution in [0.1, 0.15) is 0 Å². The van der Waals surface area contributed by atoms with Crippen molar-refractivity contribution in [1.82, 2.24) is 9.55 Å². The van der Waals surface area contributed by atoms with Gasteiger partial charge in [0.2, 0.25) is 0 Å². The van der Waals surface area contributed by atoms with Crippen molar-refractivity contribution in [3.05, 3.63) is 174 Å². The van der Waals surface area contributed by atoms with E-state index >= 15 is 0 Å². The predicted octanol–water partition coefficient (Wildman–Crippen LogP) is 10.3. The molecule has 4 nitrogen and oxygen atoms in total. The summed E-state index contributed by atoms with van der Waals surface area (Å²) in [5, 5.41) is 2.61. The molecule has 8 aromatic rings. The molecule has 0 radical (unpaired) electrons. The Morgan fingerprint density at radius 1 is 0.435 bits per heavy atom. The molecule has 0 amide bonds. The van der Waals surface area contributed by atoms with E-state index in [9.17, 15) is 4.79 Å². The Kier molecular flexibility index (Phi) is 5.93. The van der Waals surface area contributed by atoms with Crippen molar-refractivity contribution >= 4 is 38.7 Å². The molecule has 0 spiro atoms. The van der Waals surface area contributed by atoms with E-state index in [1.807, 2.05) is 41.0 Å². The molecule has 6 aromatic carbocycles. The fraction of sp³-hybridized carbons (Fsp3) is 0. The molecule has 1 aliphatic heterocycles. The minimum atomic E-state index is -0.0839. The number of nitrogens with zero attached hydrogens (tertiary/aromatic N) is 3. The molecule has 0 unspecified atom stereocenters. The number of para-hydroxylation sites is 3.